The summed E-state index contributed by atoms with van der Waals surface area (Å²) in [6, 6.07) is 2.06. The first-order chi connectivity index (χ1) is 7.49. The van der Waals surface area contributed by atoms with Crippen LogP contribution in [0.2, 0.25) is 0 Å². The third-order valence-corrected chi connectivity index (χ3v) is 2.81. The van der Waals surface area contributed by atoms with Gasteiger partial charge in [0.05, 0.1) is 19.1 Å². The molecule has 16 heavy (non-hydrogen) atoms. The lowest BCUT2D eigenvalue weighted by atomic mass is 9.88. The Morgan fingerprint density at radius 2 is 2.06 bits per heavy atom. The van der Waals surface area contributed by atoms with Crippen molar-refractivity contribution >= 4 is 5.91 Å². The highest BCUT2D eigenvalue weighted by Gasteiger charge is 2.29. The molecular weight excluding hydrogens is 204 g/mol. The number of ether oxygens (including phenoxy) is 1. The fraction of sp³-hybridized carbons (Fsp3) is 0.833. The van der Waals surface area contributed by atoms with Gasteiger partial charge in [-0.15, -0.1) is 0 Å². The number of carbonyl (C=O) groups is 1. The highest BCUT2D eigenvalue weighted by atomic mass is 16.5. The van der Waals surface area contributed by atoms with Crippen molar-refractivity contribution in [2.45, 2.75) is 33.6 Å². The second-order valence-corrected chi connectivity index (χ2v) is 4.43. The number of nitrogens with zero attached hydrogens (tertiary/aromatic N) is 2. The zero-order valence-electron chi connectivity index (χ0n) is 10.7. The highest BCUT2D eigenvalue weighted by molar-refractivity contribution is 5.81. The Morgan fingerprint density at radius 3 is 2.50 bits per heavy atom. The molecule has 0 unspecified atom stereocenters. The molecule has 0 N–H and O–H groups in total. The number of hydrogen-bond acceptors (Lipinski definition) is 3. The van der Waals surface area contributed by atoms with E-state index in [1.807, 2.05) is 20.8 Å². The Kier molecular flexibility index (Phi) is 6.75. The van der Waals surface area contributed by atoms with Gasteiger partial charge >= 0.3 is 0 Å². The molecule has 4 heteroatoms. The van der Waals surface area contributed by atoms with Gasteiger partial charge < -0.3 is 9.64 Å². The van der Waals surface area contributed by atoms with Gasteiger partial charge in [0, 0.05) is 25.6 Å². The summed E-state index contributed by atoms with van der Waals surface area (Å²) in [5.41, 5.74) is -0.358. The first-order valence-electron chi connectivity index (χ1n) is 5.64. The molecule has 0 atom stereocenters. The van der Waals surface area contributed by atoms with E-state index >= 15 is 0 Å². The van der Waals surface area contributed by atoms with Crippen LogP contribution in [-0.4, -0.2) is 37.6 Å². The van der Waals surface area contributed by atoms with Gasteiger partial charge in [-0.1, -0.05) is 20.8 Å². The van der Waals surface area contributed by atoms with Crippen LogP contribution in [0.15, 0.2) is 0 Å². The van der Waals surface area contributed by atoms with Crippen molar-refractivity contribution < 1.29 is 9.53 Å². The zero-order chi connectivity index (χ0) is 12.6. The van der Waals surface area contributed by atoms with Gasteiger partial charge in [0.1, 0.15) is 0 Å². The van der Waals surface area contributed by atoms with Crippen molar-refractivity contribution in [2.24, 2.45) is 5.41 Å². The van der Waals surface area contributed by atoms with Gasteiger partial charge in [-0.2, -0.15) is 5.26 Å². The normalized spacial score (nSPS) is 10.9. The van der Waals surface area contributed by atoms with Crippen LogP contribution in [0.25, 0.3) is 0 Å². The summed E-state index contributed by atoms with van der Waals surface area (Å²) >= 11 is 0. The Hall–Kier alpha value is -1.08. The quantitative estimate of drug-likeness (QED) is 0.665. The average Bonchev–Trinajstić information content (AvgIpc) is 2.28. The maximum absolute atomic E-state index is 12.2. The van der Waals surface area contributed by atoms with Gasteiger partial charge in [0.2, 0.25) is 5.91 Å². The molecule has 4 nitrogen and oxygen atoms in total. The third kappa shape index (κ3) is 4.63. The molecule has 0 aliphatic heterocycles. The van der Waals surface area contributed by atoms with Crippen LogP contribution in [0, 0.1) is 16.7 Å². The van der Waals surface area contributed by atoms with Crippen LogP contribution in [0.1, 0.15) is 33.6 Å². The number of methoxy groups -OCH3 is 1. The molecule has 0 fully saturated rings. The summed E-state index contributed by atoms with van der Waals surface area (Å²) in [5.74, 6) is 0.0994. The van der Waals surface area contributed by atoms with Crippen LogP contribution in [-0.2, 0) is 9.53 Å². The standard InChI is InChI=1S/C12H22N2O2/c1-5-12(2,3)11(15)14(8-6-7-13)9-10-16-4/h5-6,8-10H2,1-4H3. The fourth-order valence-electron chi connectivity index (χ4n) is 1.28. The first-order valence-corrected chi connectivity index (χ1v) is 5.64. The van der Waals surface area contributed by atoms with E-state index in [-0.39, 0.29) is 11.3 Å². The first kappa shape index (κ1) is 14.9. The van der Waals surface area contributed by atoms with Crippen LogP contribution < -0.4 is 0 Å². The third-order valence-electron chi connectivity index (χ3n) is 2.81. The van der Waals surface area contributed by atoms with E-state index in [0.717, 1.165) is 6.42 Å². The molecule has 92 valence electrons. The second-order valence-electron chi connectivity index (χ2n) is 4.43. The minimum atomic E-state index is -0.358. The number of amides is 1. The smallest absolute Gasteiger partial charge is 0.228 e. The van der Waals surface area contributed by atoms with Crippen LogP contribution in [0.5, 0.6) is 0 Å². The van der Waals surface area contributed by atoms with Gasteiger partial charge in [-0.3, -0.25) is 4.79 Å². The fourth-order valence-corrected chi connectivity index (χ4v) is 1.28. The molecule has 0 rings (SSSR count). The maximum Gasteiger partial charge on any atom is 0.228 e. The number of hydrogen-bond donors (Lipinski definition) is 0. The molecular formula is C12H22N2O2. The Balaban J connectivity index is 4.49. The SMILES string of the molecule is CCC(C)(C)C(=O)N(CCC#N)CCOC. The molecule has 0 saturated heterocycles. The van der Waals surface area contributed by atoms with E-state index < -0.39 is 0 Å². The molecule has 0 aliphatic carbocycles. The molecule has 0 aromatic rings. The summed E-state index contributed by atoms with van der Waals surface area (Å²) in [6.07, 6.45) is 1.16. The van der Waals surface area contributed by atoms with E-state index in [0.29, 0.717) is 26.1 Å². The second kappa shape index (κ2) is 7.24. The molecule has 0 aliphatic rings. The Labute approximate surface area is 98.2 Å². The molecule has 0 heterocycles. The van der Waals surface area contributed by atoms with Crippen LogP contribution >= 0.6 is 0 Å². The molecule has 0 saturated carbocycles. The summed E-state index contributed by atoms with van der Waals surface area (Å²) in [5, 5.41) is 8.56. The summed E-state index contributed by atoms with van der Waals surface area (Å²) < 4.78 is 4.97. The van der Waals surface area contributed by atoms with E-state index in [4.69, 9.17) is 10.00 Å². The monoisotopic (exact) mass is 226 g/mol. The van der Waals surface area contributed by atoms with Crippen molar-refractivity contribution in [1.29, 1.82) is 5.26 Å². The van der Waals surface area contributed by atoms with E-state index in [1.54, 1.807) is 12.0 Å². The lowest BCUT2D eigenvalue weighted by molar-refractivity contribution is -0.141. The average molecular weight is 226 g/mol. The largest absolute Gasteiger partial charge is 0.383 e. The molecule has 0 radical (unpaired) electrons. The summed E-state index contributed by atoms with van der Waals surface area (Å²) in [7, 11) is 1.61. The van der Waals surface area contributed by atoms with E-state index in [1.165, 1.54) is 0 Å². The Morgan fingerprint density at radius 1 is 1.44 bits per heavy atom. The maximum atomic E-state index is 12.2. The van der Waals surface area contributed by atoms with E-state index in [2.05, 4.69) is 6.07 Å². The van der Waals surface area contributed by atoms with Crippen molar-refractivity contribution in [3.63, 3.8) is 0 Å². The lowest BCUT2D eigenvalue weighted by Crippen LogP contribution is -2.42. The lowest BCUT2D eigenvalue weighted by Gasteiger charge is -2.30. The topological polar surface area (TPSA) is 53.3 Å². The molecule has 1 amide bonds. The molecule has 0 aromatic heterocycles. The van der Waals surface area contributed by atoms with Gasteiger partial charge in [0.15, 0.2) is 0 Å². The highest BCUT2D eigenvalue weighted by Crippen LogP contribution is 2.22. The van der Waals surface area contributed by atoms with Crippen molar-refractivity contribution in [3.05, 3.63) is 0 Å². The van der Waals surface area contributed by atoms with Crippen LogP contribution in [0.4, 0.5) is 0 Å². The number of nitriles is 1. The minimum absolute atomic E-state index is 0.0994. The predicted molar refractivity (Wildman–Crippen MR) is 62.8 cm³/mol. The predicted octanol–water partition coefficient (Wildman–Crippen LogP) is 1.81. The summed E-state index contributed by atoms with van der Waals surface area (Å²) in [6.45, 7) is 7.42. The molecule has 0 spiro atoms. The van der Waals surface area contributed by atoms with E-state index in [9.17, 15) is 4.79 Å². The minimum Gasteiger partial charge on any atom is -0.383 e. The number of carbonyl (C=O) groups excluding carboxylic acids is 1. The van der Waals surface area contributed by atoms with Crippen molar-refractivity contribution in [2.75, 3.05) is 26.8 Å². The summed E-state index contributed by atoms with van der Waals surface area (Å²) in [4.78, 5) is 13.9. The Bertz CT molecular complexity index is 256. The molecule has 0 aromatic carbocycles. The van der Waals surface area contributed by atoms with Crippen LogP contribution in [0.3, 0.4) is 0 Å². The van der Waals surface area contributed by atoms with Gasteiger partial charge in [0.25, 0.3) is 0 Å². The molecule has 0 bridgehead atoms. The van der Waals surface area contributed by atoms with Crippen molar-refractivity contribution in [3.8, 4) is 6.07 Å². The van der Waals surface area contributed by atoms with Gasteiger partial charge in [-0.25, -0.2) is 0 Å². The number of rotatable bonds is 7. The van der Waals surface area contributed by atoms with Gasteiger partial charge in [-0.05, 0) is 6.42 Å². The van der Waals surface area contributed by atoms with Crippen molar-refractivity contribution in [1.82, 2.24) is 4.90 Å². The zero-order valence-corrected chi connectivity index (χ0v) is 10.7.